The number of nitrogens with one attached hydrogen (secondary N) is 2. The first kappa shape index (κ1) is 19.8. The van der Waals surface area contributed by atoms with Gasteiger partial charge < -0.3 is 24.8 Å². The van der Waals surface area contributed by atoms with Crippen LogP contribution in [0, 0.1) is 5.41 Å². The Kier molecular flexibility index (Phi) is 6.47. The summed E-state index contributed by atoms with van der Waals surface area (Å²) in [6.45, 7) is 3.23. The van der Waals surface area contributed by atoms with Gasteiger partial charge in [-0.25, -0.2) is 4.79 Å². The second-order valence-corrected chi connectivity index (χ2v) is 7.54. The Balaban J connectivity index is 1.55. The summed E-state index contributed by atoms with van der Waals surface area (Å²) in [5, 5.41) is 6.17. The molecule has 2 atom stereocenters. The zero-order valence-electron chi connectivity index (χ0n) is 16.7. The van der Waals surface area contributed by atoms with E-state index in [0.29, 0.717) is 24.1 Å². The monoisotopic (exact) mass is 376 g/mol. The molecule has 1 aromatic rings. The number of amides is 2. The summed E-state index contributed by atoms with van der Waals surface area (Å²) < 4.78 is 16.5. The van der Waals surface area contributed by atoms with Gasteiger partial charge in [-0.05, 0) is 43.9 Å². The van der Waals surface area contributed by atoms with Gasteiger partial charge >= 0.3 is 6.03 Å². The number of rotatable bonds is 7. The minimum atomic E-state index is -0.116. The molecule has 2 saturated carbocycles. The molecule has 0 bridgehead atoms. The van der Waals surface area contributed by atoms with E-state index in [1.54, 1.807) is 14.2 Å². The smallest absolute Gasteiger partial charge is 0.315 e. The summed E-state index contributed by atoms with van der Waals surface area (Å²) in [5.41, 5.74) is 1.10. The molecular formula is C21H32N2O4. The Morgan fingerprint density at radius 1 is 1.15 bits per heavy atom. The molecule has 2 fully saturated rings. The van der Waals surface area contributed by atoms with E-state index in [4.69, 9.17) is 14.2 Å². The highest BCUT2D eigenvalue weighted by Crippen LogP contribution is 2.53. The molecule has 0 aliphatic heterocycles. The lowest BCUT2D eigenvalue weighted by Crippen LogP contribution is -2.66. The summed E-state index contributed by atoms with van der Waals surface area (Å²) in [7, 11) is 3.22. The van der Waals surface area contributed by atoms with Gasteiger partial charge in [0.15, 0.2) is 11.5 Å². The third-order valence-corrected chi connectivity index (χ3v) is 6.14. The van der Waals surface area contributed by atoms with Crippen LogP contribution in [0.4, 0.5) is 4.79 Å². The van der Waals surface area contributed by atoms with Crippen LogP contribution in [-0.2, 0) is 11.3 Å². The summed E-state index contributed by atoms with van der Waals surface area (Å²) in [6.07, 6.45) is 7.26. The summed E-state index contributed by atoms with van der Waals surface area (Å²) in [6, 6.07) is 5.76. The molecule has 0 unspecified atom stereocenters. The fourth-order valence-corrected chi connectivity index (χ4v) is 4.65. The van der Waals surface area contributed by atoms with E-state index in [1.165, 1.54) is 19.3 Å². The van der Waals surface area contributed by atoms with Crippen LogP contribution >= 0.6 is 0 Å². The van der Waals surface area contributed by atoms with Crippen molar-refractivity contribution >= 4 is 6.03 Å². The highest BCUT2D eigenvalue weighted by Gasteiger charge is 2.56. The van der Waals surface area contributed by atoms with Crippen molar-refractivity contribution in [2.75, 3.05) is 20.8 Å². The second-order valence-electron chi connectivity index (χ2n) is 7.54. The molecule has 1 aromatic carbocycles. The Hall–Kier alpha value is -1.95. The number of benzene rings is 1. The predicted molar refractivity (Wildman–Crippen MR) is 104 cm³/mol. The number of urea groups is 1. The molecule has 0 saturated heterocycles. The number of methoxy groups -OCH3 is 2. The lowest BCUT2D eigenvalue weighted by molar-refractivity contribution is -0.146. The molecule has 27 heavy (non-hydrogen) atoms. The van der Waals surface area contributed by atoms with E-state index >= 15 is 0 Å². The van der Waals surface area contributed by atoms with Crippen molar-refractivity contribution in [2.24, 2.45) is 5.41 Å². The lowest BCUT2D eigenvalue weighted by Gasteiger charge is -2.57. The van der Waals surface area contributed by atoms with Crippen LogP contribution in [0.2, 0.25) is 0 Å². The maximum atomic E-state index is 12.5. The van der Waals surface area contributed by atoms with Gasteiger partial charge in [-0.15, -0.1) is 0 Å². The largest absolute Gasteiger partial charge is 0.493 e. The maximum Gasteiger partial charge on any atom is 0.315 e. The van der Waals surface area contributed by atoms with Crippen LogP contribution in [-0.4, -0.2) is 39.0 Å². The minimum absolute atomic E-state index is 0.116. The first-order chi connectivity index (χ1) is 13.1. The Morgan fingerprint density at radius 2 is 1.89 bits per heavy atom. The van der Waals surface area contributed by atoms with Crippen LogP contribution in [0.5, 0.6) is 11.5 Å². The van der Waals surface area contributed by atoms with Gasteiger partial charge in [0.25, 0.3) is 0 Å². The van der Waals surface area contributed by atoms with Crippen molar-refractivity contribution in [2.45, 2.75) is 64.1 Å². The first-order valence-corrected chi connectivity index (χ1v) is 10.00. The molecule has 6 nitrogen and oxygen atoms in total. The van der Waals surface area contributed by atoms with E-state index in [2.05, 4.69) is 10.6 Å². The van der Waals surface area contributed by atoms with Gasteiger partial charge in [0.2, 0.25) is 0 Å². The zero-order chi connectivity index (χ0) is 19.3. The average Bonchev–Trinajstić information content (AvgIpc) is 2.71. The molecule has 2 aliphatic rings. The molecule has 3 rings (SSSR count). The molecule has 6 heteroatoms. The van der Waals surface area contributed by atoms with E-state index < -0.39 is 0 Å². The standard InChI is InChI=1S/C21H32N2O4/c1-4-27-19-13-18(21(19)10-6-5-7-11-21)23-20(24)22-14-15-8-9-16(25-2)17(12-15)26-3/h8-9,12,18-19H,4-7,10-11,13-14H2,1-3H3,(H2,22,23,24)/t18-,19+/m0/s1. The predicted octanol–water partition coefficient (Wildman–Crippen LogP) is 3.63. The van der Waals surface area contributed by atoms with Gasteiger partial charge in [-0.1, -0.05) is 25.3 Å². The molecule has 150 valence electrons. The zero-order valence-corrected chi connectivity index (χ0v) is 16.7. The maximum absolute atomic E-state index is 12.5. The summed E-state index contributed by atoms with van der Waals surface area (Å²) in [5.74, 6) is 1.35. The van der Waals surface area contributed by atoms with Crippen LogP contribution in [0.15, 0.2) is 18.2 Å². The SMILES string of the molecule is CCO[C@@H]1C[C@H](NC(=O)NCc2ccc(OC)c(OC)c2)C12CCCCC2. The Morgan fingerprint density at radius 3 is 2.56 bits per heavy atom. The molecule has 0 heterocycles. The van der Waals surface area contributed by atoms with Crippen LogP contribution in [0.3, 0.4) is 0 Å². The van der Waals surface area contributed by atoms with Crippen molar-refractivity contribution in [3.8, 4) is 11.5 Å². The topological polar surface area (TPSA) is 68.8 Å². The summed E-state index contributed by atoms with van der Waals surface area (Å²) >= 11 is 0. The highest BCUT2D eigenvalue weighted by molar-refractivity contribution is 5.74. The van der Waals surface area contributed by atoms with E-state index in [0.717, 1.165) is 31.4 Å². The van der Waals surface area contributed by atoms with Crippen molar-refractivity contribution in [3.05, 3.63) is 23.8 Å². The number of hydrogen-bond acceptors (Lipinski definition) is 4. The van der Waals surface area contributed by atoms with Gasteiger partial charge in [0.1, 0.15) is 0 Å². The minimum Gasteiger partial charge on any atom is -0.493 e. The van der Waals surface area contributed by atoms with Crippen LogP contribution < -0.4 is 20.1 Å². The third-order valence-electron chi connectivity index (χ3n) is 6.14. The van der Waals surface area contributed by atoms with Gasteiger partial charge in [-0.3, -0.25) is 0 Å². The molecule has 2 aliphatic carbocycles. The van der Waals surface area contributed by atoms with E-state index in [9.17, 15) is 4.79 Å². The van der Waals surface area contributed by atoms with Crippen molar-refractivity contribution in [1.82, 2.24) is 10.6 Å². The normalized spacial score (nSPS) is 23.4. The number of hydrogen-bond donors (Lipinski definition) is 2. The fourth-order valence-electron chi connectivity index (χ4n) is 4.65. The molecule has 1 spiro atoms. The second kappa shape index (κ2) is 8.83. The van der Waals surface area contributed by atoms with Crippen LogP contribution in [0.1, 0.15) is 51.0 Å². The Labute approximate surface area is 161 Å². The molecule has 2 N–H and O–H groups in total. The van der Waals surface area contributed by atoms with Gasteiger partial charge in [-0.2, -0.15) is 0 Å². The van der Waals surface area contributed by atoms with E-state index in [1.807, 2.05) is 25.1 Å². The Bertz CT molecular complexity index is 643. The van der Waals surface area contributed by atoms with Gasteiger partial charge in [0.05, 0.1) is 20.3 Å². The van der Waals surface area contributed by atoms with Crippen molar-refractivity contribution in [1.29, 1.82) is 0 Å². The molecular weight excluding hydrogens is 344 g/mol. The number of ether oxygens (including phenoxy) is 3. The molecule has 2 amide bonds. The van der Waals surface area contributed by atoms with Crippen molar-refractivity contribution < 1.29 is 19.0 Å². The average molecular weight is 376 g/mol. The number of carbonyl (C=O) groups is 1. The van der Waals surface area contributed by atoms with E-state index in [-0.39, 0.29) is 17.5 Å². The molecule has 0 aromatic heterocycles. The lowest BCUT2D eigenvalue weighted by atomic mass is 9.55. The quantitative estimate of drug-likeness (QED) is 0.762. The fraction of sp³-hybridized carbons (Fsp3) is 0.667. The number of carbonyl (C=O) groups excluding carboxylic acids is 1. The van der Waals surface area contributed by atoms with Crippen LogP contribution in [0.25, 0.3) is 0 Å². The highest BCUT2D eigenvalue weighted by atomic mass is 16.5. The van der Waals surface area contributed by atoms with Crippen molar-refractivity contribution in [3.63, 3.8) is 0 Å². The molecule has 0 radical (unpaired) electrons. The third kappa shape index (κ3) is 4.15. The van der Waals surface area contributed by atoms with Gasteiger partial charge in [0, 0.05) is 24.6 Å². The summed E-state index contributed by atoms with van der Waals surface area (Å²) in [4.78, 5) is 12.5. The first-order valence-electron chi connectivity index (χ1n) is 10.00.